The van der Waals surface area contributed by atoms with Gasteiger partial charge in [0, 0.05) is 29.9 Å². The summed E-state index contributed by atoms with van der Waals surface area (Å²) in [5, 5.41) is 7.64. The van der Waals surface area contributed by atoms with Crippen molar-refractivity contribution >= 4 is 34.6 Å². The van der Waals surface area contributed by atoms with Gasteiger partial charge in [0.1, 0.15) is 6.61 Å². The Morgan fingerprint density at radius 3 is 2.96 bits per heavy atom. The highest BCUT2D eigenvalue weighted by atomic mass is 32.1. The molecule has 2 N–H and O–H groups in total. The van der Waals surface area contributed by atoms with Crippen molar-refractivity contribution in [2.75, 3.05) is 30.5 Å². The molecule has 1 aromatic carbocycles. The molecule has 6 nitrogen and oxygen atoms in total. The van der Waals surface area contributed by atoms with E-state index in [0.717, 1.165) is 29.0 Å². The van der Waals surface area contributed by atoms with Gasteiger partial charge in [0.15, 0.2) is 0 Å². The molecule has 1 aromatic heterocycles. The number of hydrogen-bond acceptors (Lipinski definition) is 4. The molecule has 0 atom stereocenters. The summed E-state index contributed by atoms with van der Waals surface area (Å²) >= 11 is 1.60. The molecule has 0 fully saturated rings. The maximum Gasteiger partial charge on any atom is 0.319 e. The maximum absolute atomic E-state index is 12.2. The lowest BCUT2D eigenvalue weighted by atomic mass is 10.0. The fourth-order valence-electron chi connectivity index (χ4n) is 2.87. The molecule has 0 spiro atoms. The van der Waals surface area contributed by atoms with Crippen molar-refractivity contribution in [1.82, 2.24) is 5.32 Å². The van der Waals surface area contributed by atoms with Crippen LogP contribution in [0.25, 0.3) is 0 Å². The summed E-state index contributed by atoms with van der Waals surface area (Å²) in [5.41, 5.74) is 2.63. The van der Waals surface area contributed by atoms with Gasteiger partial charge in [-0.1, -0.05) is 12.1 Å². The van der Waals surface area contributed by atoms with Gasteiger partial charge in [-0.15, -0.1) is 11.3 Å². The van der Waals surface area contributed by atoms with Gasteiger partial charge in [0.2, 0.25) is 0 Å². The largest absolute Gasteiger partial charge is 0.375 e. The van der Waals surface area contributed by atoms with Gasteiger partial charge >= 0.3 is 6.03 Å². The summed E-state index contributed by atoms with van der Waals surface area (Å²) in [7, 11) is 1.51. The molecule has 0 radical (unpaired) electrons. The highest BCUT2D eigenvalue weighted by Gasteiger charge is 2.22. The van der Waals surface area contributed by atoms with Crippen LogP contribution in [0.2, 0.25) is 0 Å². The van der Waals surface area contributed by atoms with Crippen molar-refractivity contribution < 1.29 is 14.3 Å². The first-order valence-corrected chi connectivity index (χ1v) is 9.05. The van der Waals surface area contributed by atoms with Crippen molar-refractivity contribution in [3.8, 4) is 0 Å². The number of fused-ring (bicyclic) bond motifs is 1. The Hall–Kier alpha value is -2.38. The van der Waals surface area contributed by atoms with Crippen LogP contribution in [-0.2, 0) is 22.5 Å². The van der Waals surface area contributed by atoms with Gasteiger partial charge < -0.3 is 20.3 Å². The van der Waals surface area contributed by atoms with Gasteiger partial charge in [-0.05, 0) is 42.0 Å². The van der Waals surface area contributed by atoms with Crippen molar-refractivity contribution in [2.24, 2.45) is 0 Å². The zero-order valence-electron chi connectivity index (χ0n) is 14.1. The second-order valence-electron chi connectivity index (χ2n) is 5.81. The quantitative estimate of drug-likeness (QED) is 0.862. The van der Waals surface area contributed by atoms with E-state index in [2.05, 4.69) is 10.6 Å². The molecule has 132 valence electrons. The molecule has 25 heavy (non-hydrogen) atoms. The van der Waals surface area contributed by atoms with E-state index < -0.39 is 0 Å². The number of ether oxygens (including phenoxy) is 1. The van der Waals surface area contributed by atoms with Crippen LogP contribution in [0.1, 0.15) is 16.9 Å². The molecule has 0 bridgehead atoms. The number of carbonyl (C=O) groups excluding carboxylic acids is 2. The molecule has 0 aliphatic carbocycles. The number of benzene rings is 1. The van der Waals surface area contributed by atoms with Crippen molar-refractivity contribution in [1.29, 1.82) is 0 Å². The number of nitrogens with one attached hydrogen (secondary N) is 2. The molecule has 3 rings (SSSR count). The monoisotopic (exact) mass is 359 g/mol. The maximum atomic E-state index is 12.2. The highest BCUT2D eigenvalue weighted by molar-refractivity contribution is 7.09. The van der Waals surface area contributed by atoms with Crippen molar-refractivity contribution in [2.45, 2.75) is 19.4 Å². The number of amides is 3. The zero-order valence-corrected chi connectivity index (χ0v) is 14.9. The number of carbonyl (C=O) groups is 2. The van der Waals surface area contributed by atoms with E-state index in [0.29, 0.717) is 18.8 Å². The molecule has 0 saturated carbocycles. The molecule has 2 heterocycles. The first kappa shape index (κ1) is 17.4. The number of thiophene rings is 1. The standard InChI is InChI=1S/C18H21N3O3S/c1-24-12-17(22)21-8-2-4-13-6-7-14(10-16(13)21)20-18(23)19-11-15-5-3-9-25-15/h3,5-7,9-10H,2,4,8,11-12H2,1H3,(H2,19,20,23). The number of anilines is 2. The predicted octanol–water partition coefficient (Wildman–Crippen LogP) is 3.00. The Morgan fingerprint density at radius 1 is 1.32 bits per heavy atom. The number of methoxy groups -OCH3 is 1. The number of hydrogen-bond donors (Lipinski definition) is 2. The average Bonchev–Trinajstić information content (AvgIpc) is 3.13. The Kier molecular flexibility index (Phi) is 5.67. The summed E-state index contributed by atoms with van der Waals surface area (Å²) in [6.45, 7) is 1.22. The minimum atomic E-state index is -0.265. The van der Waals surface area contributed by atoms with Crippen molar-refractivity contribution in [3.05, 3.63) is 46.2 Å². The zero-order chi connectivity index (χ0) is 17.6. The molecular formula is C18H21N3O3S. The second kappa shape index (κ2) is 8.13. The van der Waals surface area contributed by atoms with E-state index >= 15 is 0 Å². The van der Waals surface area contributed by atoms with E-state index in [1.54, 1.807) is 16.2 Å². The summed E-state index contributed by atoms with van der Waals surface area (Å²) in [6.07, 6.45) is 1.85. The smallest absolute Gasteiger partial charge is 0.319 e. The van der Waals surface area contributed by atoms with Gasteiger partial charge in [-0.25, -0.2) is 4.79 Å². The number of nitrogens with zero attached hydrogens (tertiary/aromatic N) is 1. The number of rotatable bonds is 5. The topological polar surface area (TPSA) is 70.7 Å². The molecule has 0 saturated heterocycles. The first-order chi connectivity index (χ1) is 12.2. The average molecular weight is 359 g/mol. The summed E-state index contributed by atoms with van der Waals surface area (Å²) < 4.78 is 4.96. The molecule has 2 aromatic rings. The summed E-state index contributed by atoms with van der Waals surface area (Å²) in [5.74, 6) is -0.0669. The third-order valence-corrected chi connectivity index (χ3v) is 4.91. The van der Waals surface area contributed by atoms with Gasteiger partial charge in [-0.3, -0.25) is 4.79 Å². The van der Waals surface area contributed by atoms with Gasteiger partial charge in [0.25, 0.3) is 5.91 Å². The van der Waals surface area contributed by atoms with Gasteiger partial charge in [0.05, 0.1) is 6.54 Å². The second-order valence-corrected chi connectivity index (χ2v) is 6.84. The van der Waals surface area contributed by atoms with Crippen LogP contribution in [0.3, 0.4) is 0 Å². The first-order valence-electron chi connectivity index (χ1n) is 8.17. The van der Waals surface area contributed by atoms with E-state index in [-0.39, 0.29) is 18.5 Å². The normalized spacial score (nSPS) is 13.2. The van der Waals surface area contributed by atoms with Crippen LogP contribution in [0.15, 0.2) is 35.7 Å². The van der Waals surface area contributed by atoms with Crippen LogP contribution in [0.4, 0.5) is 16.2 Å². The van der Waals surface area contributed by atoms with Crippen LogP contribution >= 0.6 is 11.3 Å². The number of urea groups is 1. The fraction of sp³-hybridized carbons (Fsp3) is 0.333. The minimum Gasteiger partial charge on any atom is -0.375 e. The molecule has 3 amide bonds. The molecule has 1 aliphatic heterocycles. The Bertz CT molecular complexity index is 746. The third-order valence-electron chi connectivity index (χ3n) is 4.03. The van der Waals surface area contributed by atoms with Crippen LogP contribution in [-0.4, -0.2) is 32.2 Å². The van der Waals surface area contributed by atoms with E-state index in [9.17, 15) is 9.59 Å². The van der Waals surface area contributed by atoms with E-state index in [1.165, 1.54) is 7.11 Å². The van der Waals surface area contributed by atoms with E-state index in [1.807, 2.05) is 35.7 Å². The van der Waals surface area contributed by atoms with Crippen LogP contribution in [0, 0.1) is 0 Å². The summed E-state index contributed by atoms with van der Waals surface area (Å²) in [4.78, 5) is 27.1. The summed E-state index contributed by atoms with van der Waals surface area (Å²) in [6, 6.07) is 9.36. The Morgan fingerprint density at radius 2 is 2.20 bits per heavy atom. The lowest BCUT2D eigenvalue weighted by Crippen LogP contribution is -2.37. The highest BCUT2D eigenvalue weighted by Crippen LogP contribution is 2.30. The Balaban J connectivity index is 1.67. The van der Waals surface area contributed by atoms with Crippen LogP contribution in [0.5, 0.6) is 0 Å². The molecule has 7 heteroatoms. The number of aryl methyl sites for hydroxylation is 1. The SMILES string of the molecule is COCC(=O)N1CCCc2ccc(NC(=O)NCc3cccs3)cc21. The lowest BCUT2D eigenvalue weighted by molar-refractivity contribution is -0.122. The fourth-order valence-corrected chi connectivity index (χ4v) is 3.51. The molecular weight excluding hydrogens is 338 g/mol. The lowest BCUT2D eigenvalue weighted by Gasteiger charge is -2.29. The Labute approximate surface area is 150 Å². The predicted molar refractivity (Wildman–Crippen MR) is 99.2 cm³/mol. The molecule has 1 aliphatic rings. The van der Waals surface area contributed by atoms with E-state index in [4.69, 9.17) is 4.74 Å². The molecule has 0 unspecified atom stereocenters. The third kappa shape index (κ3) is 4.37. The van der Waals surface area contributed by atoms with Crippen LogP contribution < -0.4 is 15.5 Å². The minimum absolute atomic E-state index is 0.0540. The van der Waals surface area contributed by atoms with Crippen molar-refractivity contribution in [3.63, 3.8) is 0 Å². The van der Waals surface area contributed by atoms with Gasteiger partial charge in [-0.2, -0.15) is 0 Å².